The highest BCUT2D eigenvalue weighted by Gasteiger charge is 2.22. The minimum absolute atomic E-state index is 0.123. The molecule has 100 valence electrons. The van der Waals surface area contributed by atoms with Gasteiger partial charge in [-0.25, -0.2) is 0 Å². The fourth-order valence-corrected chi connectivity index (χ4v) is 2.32. The van der Waals surface area contributed by atoms with Gasteiger partial charge in [-0.05, 0) is 36.1 Å². The lowest BCUT2D eigenvalue weighted by Crippen LogP contribution is -2.41. The van der Waals surface area contributed by atoms with Gasteiger partial charge in [-0.1, -0.05) is 42.3 Å². The number of nitrogens with one attached hydrogen (secondary N) is 1. The number of aliphatic carboxylic acids is 1. The maximum Gasteiger partial charge on any atom is 0.320 e. The number of aryl methyl sites for hydroxylation is 1. The van der Waals surface area contributed by atoms with E-state index >= 15 is 0 Å². The molecule has 0 spiro atoms. The molecule has 0 unspecified atom stereocenters. The summed E-state index contributed by atoms with van der Waals surface area (Å²) in [6.07, 6.45) is 0.850. The molecule has 0 saturated heterocycles. The monoisotopic (exact) mass is 313 g/mol. The number of hydrogen-bond acceptors (Lipinski definition) is 2. The number of rotatable bonds is 6. The number of benzene rings is 1. The SMILES string of the molecule is CC[C@H](C)[C@H](NCc1ccc(Br)cc1C)C(=O)O. The van der Waals surface area contributed by atoms with Crippen LogP contribution >= 0.6 is 15.9 Å². The van der Waals surface area contributed by atoms with Crippen LogP contribution in [0, 0.1) is 12.8 Å². The largest absolute Gasteiger partial charge is 0.480 e. The topological polar surface area (TPSA) is 49.3 Å². The molecule has 0 heterocycles. The van der Waals surface area contributed by atoms with Gasteiger partial charge in [0.25, 0.3) is 0 Å². The summed E-state index contributed by atoms with van der Waals surface area (Å²) in [5, 5.41) is 12.3. The Morgan fingerprint density at radius 3 is 2.67 bits per heavy atom. The van der Waals surface area contributed by atoms with Crippen LogP contribution in [-0.2, 0) is 11.3 Å². The maximum absolute atomic E-state index is 11.2. The van der Waals surface area contributed by atoms with Crippen LogP contribution in [0.5, 0.6) is 0 Å². The second-order valence-electron chi connectivity index (χ2n) is 4.65. The average Bonchev–Trinajstić information content (AvgIpc) is 2.31. The van der Waals surface area contributed by atoms with Gasteiger partial charge < -0.3 is 10.4 Å². The molecule has 0 bridgehead atoms. The van der Waals surface area contributed by atoms with Gasteiger partial charge >= 0.3 is 5.97 Å². The Bertz CT molecular complexity index is 420. The van der Waals surface area contributed by atoms with Crippen molar-refractivity contribution in [2.45, 2.75) is 39.8 Å². The zero-order valence-corrected chi connectivity index (χ0v) is 12.6. The van der Waals surface area contributed by atoms with E-state index < -0.39 is 12.0 Å². The summed E-state index contributed by atoms with van der Waals surface area (Å²) in [6.45, 7) is 6.58. The molecule has 2 N–H and O–H groups in total. The summed E-state index contributed by atoms with van der Waals surface area (Å²) in [7, 11) is 0. The minimum atomic E-state index is -0.779. The molecule has 0 aliphatic heterocycles. The molecule has 1 rings (SSSR count). The van der Waals surface area contributed by atoms with Crippen LogP contribution in [0.4, 0.5) is 0 Å². The van der Waals surface area contributed by atoms with Crippen molar-refractivity contribution in [2.24, 2.45) is 5.92 Å². The third-order valence-corrected chi connectivity index (χ3v) is 3.79. The van der Waals surface area contributed by atoms with Crippen molar-refractivity contribution in [3.05, 3.63) is 33.8 Å². The van der Waals surface area contributed by atoms with Gasteiger partial charge in [-0.15, -0.1) is 0 Å². The van der Waals surface area contributed by atoms with E-state index in [1.807, 2.05) is 39.0 Å². The first-order valence-electron chi connectivity index (χ1n) is 6.17. The number of hydrogen-bond donors (Lipinski definition) is 2. The van der Waals surface area contributed by atoms with Gasteiger partial charge in [0.05, 0.1) is 0 Å². The lowest BCUT2D eigenvalue weighted by Gasteiger charge is -2.20. The van der Waals surface area contributed by atoms with E-state index in [9.17, 15) is 9.90 Å². The fourth-order valence-electron chi connectivity index (χ4n) is 1.85. The second kappa shape index (κ2) is 6.90. The van der Waals surface area contributed by atoms with Crippen molar-refractivity contribution in [3.63, 3.8) is 0 Å². The molecule has 0 amide bonds. The summed E-state index contributed by atoms with van der Waals surface area (Å²) in [5.74, 6) is -0.655. The molecule has 0 aliphatic carbocycles. The van der Waals surface area contributed by atoms with Gasteiger partial charge in [0, 0.05) is 11.0 Å². The molecule has 1 aromatic carbocycles. The highest BCUT2D eigenvalue weighted by atomic mass is 79.9. The van der Waals surface area contributed by atoms with Crippen LogP contribution in [0.25, 0.3) is 0 Å². The van der Waals surface area contributed by atoms with E-state index in [0.29, 0.717) is 6.54 Å². The Hall–Kier alpha value is -0.870. The fraction of sp³-hybridized carbons (Fsp3) is 0.500. The zero-order valence-electron chi connectivity index (χ0n) is 11.0. The summed E-state index contributed by atoms with van der Waals surface area (Å²) in [4.78, 5) is 11.2. The Morgan fingerprint density at radius 2 is 2.17 bits per heavy atom. The summed E-state index contributed by atoms with van der Waals surface area (Å²) in [5.41, 5.74) is 2.29. The molecule has 0 aromatic heterocycles. The standard InChI is InChI=1S/C14H20BrNO2/c1-4-9(2)13(14(17)18)16-8-11-5-6-12(15)7-10(11)3/h5-7,9,13,16H,4,8H2,1-3H3,(H,17,18)/t9-,13-/m0/s1. The predicted octanol–water partition coefficient (Wildman–Crippen LogP) is 3.35. The van der Waals surface area contributed by atoms with Crippen molar-refractivity contribution >= 4 is 21.9 Å². The molecule has 18 heavy (non-hydrogen) atoms. The van der Waals surface area contributed by atoms with Crippen LogP contribution in [-0.4, -0.2) is 17.1 Å². The minimum Gasteiger partial charge on any atom is -0.480 e. The molecule has 1 aromatic rings. The van der Waals surface area contributed by atoms with E-state index in [2.05, 4.69) is 21.2 Å². The molecule has 0 radical (unpaired) electrons. The molecule has 0 fully saturated rings. The van der Waals surface area contributed by atoms with Crippen molar-refractivity contribution in [1.82, 2.24) is 5.32 Å². The second-order valence-corrected chi connectivity index (χ2v) is 5.57. The molecular weight excluding hydrogens is 294 g/mol. The first-order chi connectivity index (χ1) is 8.45. The Labute approximate surface area is 117 Å². The Kier molecular flexibility index (Phi) is 5.82. The third kappa shape index (κ3) is 4.10. The quantitative estimate of drug-likeness (QED) is 0.846. The lowest BCUT2D eigenvalue weighted by molar-refractivity contribution is -0.140. The molecule has 2 atom stereocenters. The van der Waals surface area contributed by atoms with Gasteiger partial charge in [0.2, 0.25) is 0 Å². The molecule has 0 aliphatic rings. The predicted molar refractivity (Wildman–Crippen MR) is 76.6 cm³/mol. The van der Waals surface area contributed by atoms with E-state index in [4.69, 9.17) is 0 Å². The summed E-state index contributed by atoms with van der Waals surface area (Å²) in [6, 6.07) is 5.54. The van der Waals surface area contributed by atoms with Crippen LogP contribution in [0.15, 0.2) is 22.7 Å². The van der Waals surface area contributed by atoms with E-state index in [1.165, 1.54) is 0 Å². The van der Waals surface area contributed by atoms with E-state index in [1.54, 1.807) is 0 Å². The van der Waals surface area contributed by atoms with E-state index in [-0.39, 0.29) is 5.92 Å². The maximum atomic E-state index is 11.2. The van der Waals surface area contributed by atoms with Crippen LogP contribution in [0.2, 0.25) is 0 Å². The first kappa shape index (κ1) is 15.2. The smallest absolute Gasteiger partial charge is 0.320 e. The van der Waals surface area contributed by atoms with Gasteiger partial charge in [-0.2, -0.15) is 0 Å². The summed E-state index contributed by atoms with van der Waals surface area (Å²) >= 11 is 3.42. The first-order valence-corrected chi connectivity index (χ1v) is 6.96. The van der Waals surface area contributed by atoms with Crippen LogP contribution < -0.4 is 5.32 Å². The Morgan fingerprint density at radius 1 is 1.50 bits per heavy atom. The van der Waals surface area contributed by atoms with Crippen molar-refractivity contribution in [3.8, 4) is 0 Å². The number of carbonyl (C=O) groups is 1. The highest BCUT2D eigenvalue weighted by Crippen LogP contribution is 2.16. The van der Waals surface area contributed by atoms with Crippen LogP contribution in [0.3, 0.4) is 0 Å². The molecule has 0 saturated carbocycles. The van der Waals surface area contributed by atoms with E-state index in [0.717, 1.165) is 22.0 Å². The average molecular weight is 314 g/mol. The van der Waals surface area contributed by atoms with Gasteiger partial charge in [0.1, 0.15) is 6.04 Å². The summed E-state index contributed by atoms with van der Waals surface area (Å²) < 4.78 is 1.04. The van der Waals surface area contributed by atoms with Crippen molar-refractivity contribution < 1.29 is 9.90 Å². The number of carboxylic acid groups (broad SMARTS) is 1. The number of carboxylic acids is 1. The highest BCUT2D eigenvalue weighted by molar-refractivity contribution is 9.10. The zero-order chi connectivity index (χ0) is 13.7. The Balaban J connectivity index is 2.70. The molecule has 4 heteroatoms. The van der Waals surface area contributed by atoms with Crippen molar-refractivity contribution in [1.29, 1.82) is 0 Å². The third-order valence-electron chi connectivity index (χ3n) is 3.30. The van der Waals surface area contributed by atoms with Gasteiger partial charge in [-0.3, -0.25) is 4.79 Å². The molecule has 3 nitrogen and oxygen atoms in total. The van der Waals surface area contributed by atoms with Gasteiger partial charge in [0.15, 0.2) is 0 Å². The lowest BCUT2D eigenvalue weighted by atomic mass is 9.98. The van der Waals surface area contributed by atoms with Crippen molar-refractivity contribution in [2.75, 3.05) is 0 Å². The normalized spacial score (nSPS) is 14.2. The molecular formula is C14H20BrNO2. The van der Waals surface area contributed by atoms with Crippen LogP contribution in [0.1, 0.15) is 31.4 Å². The number of halogens is 1.